The largest absolute Gasteiger partial charge is 0.312 e. The van der Waals surface area contributed by atoms with Crippen LogP contribution in [0, 0.1) is 0 Å². The van der Waals surface area contributed by atoms with E-state index in [1.54, 1.807) is 0 Å². The Hall–Kier alpha value is -1.42. The molecule has 0 aromatic heterocycles. The number of benzene rings is 2. The van der Waals surface area contributed by atoms with Crippen molar-refractivity contribution in [3.63, 3.8) is 0 Å². The van der Waals surface area contributed by atoms with Gasteiger partial charge in [0.05, 0.1) is 15.7 Å². The van der Waals surface area contributed by atoms with Crippen molar-refractivity contribution in [2.75, 3.05) is 0 Å². The highest BCUT2D eigenvalue weighted by atomic mass is 28.2. The molecule has 0 aliphatic carbocycles. The number of hydrogen-bond acceptors (Lipinski definition) is 2. The molecule has 0 fully saturated rings. The first-order valence-corrected chi connectivity index (χ1v) is 6.81. The standard InChI is InChI=1S/C13H16N2Si/c14-13(15)10-5-4-8-12(9-10)16-11-6-2-1-3-7-11/h1-9,13H,14-16H2. The van der Waals surface area contributed by atoms with Gasteiger partial charge in [0.15, 0.2) is 0 Å². The molecule has 0 spiro atoms. The van der Waals surface area contributed by atoms with E-state index in [1.165, 1.54) is 10.4 Å². The summed E-state index contributed by atoms with van der Waals surface area (Å²) >= 11 is 0. The molecule has 16 heavy (non-hydrogen) atoms. The quantitative estimate of drug-likeness (QED) is 0.561. The van der Waals surface area contributed by atoms with E-state index in [2.05, 4.69) is 36.4 Å². The van der Waals surface area contributed by atoms with Crippen molar-refractivity contribution in [3.8, 4) is 0 Å². The molecule has 82 valence electrons. The Balaban J connectivity index is 2.19. The van der Waals surface area contributed by atoms with Crippen molar-refractivity contribution in [1.82, 2.24) is 0 Å². The molecule has 4 N–H and O–H groups in total. The van der Waals surface area contributed by atoms with Gasteiger partial charge in [-0.15, -0.1) is 0 Å². The van der Waals surface area contributed by atoms with E-state index < -0.39 is 9.52 Å². The van der Waals surface area contributed by atoms with Gasteiger partial charge in [0.2, 0.25) is 0 Å². The molecular formula is C13H16N2Si. The van der Waals surface area contributed by atoms with Crippen molar-refractivity contribution >= 4 is 19.9 Å². The van der Waals surface area contributed by atoms with E-state index in [9.17, 15) is 0 Å². The third-order valence-corrected chi connectivity index (χ3v) is 4.31. The Bertz CT molecular complexity index is 454. The van der Waals surface area contributed by atoms with Gasteiger partial charge in [-0.05, 0) is 5.56 Å². The fraction of sp³-hybridized carbons (Fsp3) is 0.0769. The van der Waals surface area contributed by atoms with E-state index >= 15 is 0 Å². The maximum Gasteiger partial charge on any atom is 0.0875 e. The van der Waals surface area contributed by atoms with Crippen LogP contribution in [0.25, 0.3) is 0 Å². The predicted molar refractivity (Wildman–Crippen MR) is 71.8 cm³/mol. The number of rotatable bonds is 3. The molecule has 0 aliphatic rings. The Kier molecular flexibility index (Phi) is 3.51. The van der Waals surface area contributed by atoms with Crippen molar-refractivity contribution in [3.05, 3.63) is 60.2 Å². The second-order valence-corrected chi connectivity index (χ2v) is 5.92. The molecule has 0 heterocycles. The molecule has 2 rings (SSSR count). The zero-order valence-corrected chi connectivity index (χ0v) is 10.5. The fourth-order valence-electron chi connectivity index (χ4n) is 1.74. The molecular weight excluding hydrogens is 212 g/mol. The first-order chi connectivity index (χ1) is 7.75. The van der Waals surface area contributed by atoms with Crippen LogP contribution in [0.1, 0.15) is 11.7 Å². The summed E-state index contributed by atoms with van der Waals surface area (Å²) < 4.78 is 0. The average molecular weight is 228 g/mol. The summed E-state index contributed by atoms with van der Waals surface area (Å²) in [6, 6.07) is 18.9. The van der Waals surface area contributed by atoms with E-state index in [0.717, 1.165) is 5.56 Å². The van der Waals surface area contributed by atoms with Crippen molar-refractivity contribution in [2.24, 2.45) is 11.5 Å². The molecule has 2 aromatic carbocycles. The molecule has 0 saturated heterocycles. The summed E-state index contributed by atoms with van der Waals surface area (Å²) in [5.74, 6) is 0. The van der Waals surface area contributed by atoms with Crippen LogP contribution in [0.15, 0.2) is 54.6 Å². The first-order valence-electron chi connectivity index (χ1n) is 5.39. The Morgan fingerprint density at radius 2 is 1.50 bits per heavy atom. The lowest BCUT2D eigenvalue weighted by atomic mass is 10.2. The van der Waals surface area contributed by atoms with Crippen molar-refractivity contribution in [1.29, 1.82) is 0 Å². The lowest BCUT2D eigenvalue weighted by Gasteiger charge is -2.08. The van der Waals surface area contributed by atoms with E-state index in [-0.39, 0.29) is 6.17 Å². The molecule has 0 unspecified atom stereocenters. The second-order valence-electron chi connectivity index (χ2n) is 3.93. The van der Waals surface area contributed by atoms with Gasteiger partial charge in [0, 0.05) is 0 Å². The average Bonchev–Trinajstić information content (AvgIpc) is 2.30. The summed E-state index contributed by atoms with van der Waals surface area (Å²) in [6.07, 6.45) is -0.371. The molecule has 0 saturated carbocycles. The van der Waals surface area contributed by atoms with Crippen molar-refractivity contribution in [2.45, 2.75) is 6.17 Å². The van der Waals surface area contributed by atoms with Crippen LogP contribution in [0.2, 0.25) is 0 Å². The van der Waals surface area contributed by atoms with Gasteiger partial charge < -0.3 is 11.5 Å². The maximum absolute atomic E-state index is 5.67. The van der Waals surface area contributed by atoms with Crippen LogP contribution in [-0.4, -0.2) is 9.52 Å². The highest BCUT2D eigenvalue weighted by Crippen LogP contribution is 2.01. The van der Waals surface area contributed by atoms with Gasteiger partial charge >= 0.3 is 0 Å². The van der Waals surface area contributed by atoms with Gasteiger partial charge in [0.1, 0.15) is 0 Å². The van der Waals surface area contributed by atoms with Gasteiger partial charge in [0.25, 0.3) is 0 Å². The van der Waals surface area contributed by atoms with E-state index in [0.29, 0.717) is 0 Å². The van der Waals surface area contributed by atoms with Crippen LogP contribution >= 0.6 is 0 Å². The third kappa shape index (κ3) is 2.79. The summed E-state index contributed by atoms with van der Waals surface area (Å²) in [4.78, 5) is 0. The van der Waals surface area contributed by atoms with Gasteiger partial charge in [-0.2, -0.15) is 0 Å². The second kappa shape index (κ2) is 5.07. The van der Waals surface area contributed by atoms with Crippen molar-refractivity contribution < 1.29 is 0 Å². The van der Waals surface area contributed by atoms with Crippen LogP contribution in [0.4, 0.5) is 0 Å². The summed E-state index contributed by atoms with van der Waals surface area (Å²) in [5, 5.41) is 2.81. The third-order valence-electron chi connectivity index (χ3n) is 2.59. The minimum absolute atomic E-state index is 0.371. The monoisotopic (exact) mass is 228 g/mol. The molecule has 3 heteroatoms. The maximum atomic E-state index is 5.67. The Labute approximate surface area is 98.1 Å². The Morgan fingerprint density at radius 1 is 0.812 bits per heavy atom. The van der Waals surface area contributed by atoms with Crippen LogP contribution < -0.4 is 21.8 Å². The normalized spacial score (nSPS) is 11.4. The van der Waals surface area contributed by atoms with Crippen LogP contribution in [0.3, 0.4) is 0 Å². The van der Waals surface area contributed by atoms with Gasteiger partial charge in [-0.1, -0.05) is 65.0 Å². The molecule has 0 amide bonds. The highest BCUT2D eigenvalue weighted by molar-refractivity contribution is 6.67. The van der Waals surface area contributed by atoms with Crippen LogP contribution in [-0.2, 0) is 0 Å². The van der Waals surface area contributed by atoms with Gasteiger partial charge in [-0.25, -0.2) is 0 Å². The topological polar surface area (TPSA) is 52.0 Å². The fourth-order valence-corrected chi connectivity index (χ4v) is 3.31. The smallest absolute Gasteiger partial charge is 0.0875 e. The highest BCUT2D eigenvalue weighted by Gasteiger charge is 2.01. The predicted octanol–water partition coefficient (Wildman–Crippen LogP) is -0.278. The van der Waals surface area contributed by atoms with Gasteiger partial charge in [-0.3, -0.25) is 0 Å². The zero-order chi connectivity index (χ0) is 11.4. The lowest BCUT2D eigenvalue weighted by molar-refractivity contribution is 0.774. The van der Waals surface area contributed by atoms with E-state index in [1.807, 2.05) is 18.2 Å². The molecule has 0 bridgehead atoms. The van der Waals surface area contributed by atoms with Crippen LogP contribution in [0.5, 0.6) is 0 Å². The lowest BCUT2D eigenvalue weighted by Crippen LogP contribution is -2.28. The summed E-state index contributed by atoms with van der Waals surface area (Å²) in [6.45, 7) is 0. The number of hydrogen-bond donors (Lipinski definition) is 2. The molecule has 0 radical (unpaired) electrons. The first kappa shape index (κ1) is 11.1. The SMILES string of the molecule is NC(N)c1cccc([SiH2]c2ccccc2)c1. The van der Waals surface area contributed by atoms with E-state index in [4.69, 9.17) is 11.5 Å². The zero-order valence-electron chi connectivity index (χ0n) is 9.14. The molecule has 2 aromatic rings. The summed E-state index contributed by atoms with van der Waals surface area (Å²) in [5.41, 5.74) is 12.4. The Morgan fingerprint density at radius 3 is 2.19 bits per heavy atom. The summed E-state index contributed by atoms with van der Waals surface area (Å²) in [7, 11) is -0.399. The molecule has 0 aliphatic heterocycles. The molecule has 0 atom stereocenters. The minimum Gasteiger partial charge on any atom is -0.312 e. The number of nitrogens with two attached hydrogens (primary N) is 2. The molecule has 2 nitrogen and oxygen atoms in total. The minimum atomic E-state index is -0.399.